The molecule has 0 bridgehead atoms. The van der Waals surface area contributed by atoms with Gasteiger partial charge in [0.05, 0.1) is 12.8 Å². The van der Waals surface area contributed by atoms with Crippen LogP contribution in [0, 0.1) is 6.92 Å². The average Bonchev–Trinajstić information content (AvgIpc) is 2.27. The van der Waals surface area contributed by atoms with E-state index in [1.165, 1.54) is 20.1 Å². The number of rotatable bonds is 3. The van der Waals surface area contributed by atoms with Gasteiger partial charge in [0.2, 0.25) is 5.91 Å². The number of carbonyl (C=O) groups is 2. The van der Waals surface area contributed by atoms with Crippen LogP contribution >= 0.6 is 0 Å². The van der Waals surface area contributed by atoms with E-state index in [1.54, 1.807) is 0 Å². The van der Waals surface area contributed by atoms with Crippen LogP contribution in [-0.2, 0) is 14.3 Å². The summed E-state index contributed by atoms with van der Waals surface area (Å²) in [4.78, 5) is 22.3. The molecule has 0 aromatic heterocycles. The summed E-state index contributed by atoms with van der Waals surface area (Å²) in [7, 11) is 1.29. The molecule has 0 spiro atoms. The van der Waals surface area contributed by atoms with E-state index in [-0.39, 0.29) is 5.91 Å². The van der Waals surface area contributed by atoms with E-state index in [2.05, 4.69) is 10.1 Å². The number of amides is 1. The monoisotopic (exact) mass is 233 g/mol. The van der Waals surface area contributed by atoms with E-state index < -0.39 is 5.97 Å². The zero-order valence-corrected chi connectivity index (χ0v) is 10.1. The van der Waals surface area contributed by atoms with E-state index in [4.69, 9.17) is 0 Å². The lowest BCUT2D eigenvalue weighted by Gasteiger charge is -2.08. The van der Waals surface area contributed by atoms with Crippen LogP contribution in [0.4, 0.5) is 0 Å². The molecule has 0 radical (unpaired) electrons. The summed E-state index contributed by atoms with van der Waals surface area (Å²) in [5.41, 5.74) is 2.25. The first kappa shape index (κ1) is 13.0. The summed E-state index contributed by atoms with van der Waals surface area (Å²) in [6.45, 7) is 3.33. The minimum atomic E-state index is -0.504. The normalized spacial score (nSPS) is 10.9. The summed E-state index contributed by atoms with van der Waals surface area (Å²) in [6.07, 6.45) is 1.26. The third-order valence-corrected chi connectivity index (χ3v) is 2.10. The second-order valence-electron chi connectivity index (χ2n) is 3.63. The fourth-order valence-electron chi connectivity index (χ4n) is 1.37. The highest BCUT2D eigenvalue weighted by Crippen LogP contribution is 2.13. The van der Waals surface area contributed by atoms with Crippen molar-refractivity contribution >= 4 is 17.6 Å². The van der Waals surface area contributed by atoms with Crippen LogP contribution in [0.3, 0.4) is 0 Å². The van der Waals surface area contributed by atoms with Gasteiger partial charge in [-0.15, -0.1) is 0 Å². The molecule has 1 aromatic carbocycles. The molecule has 17 heavy (non-hydrogen) atoms. The molecule has 1 N–H and O–H groups in total. The van der Waals surface area contributed by atoms with Gasteiger partial charge in [0.25, 0.3) is 0 Å². The van der Waals surface area contributed by atoms with Gasteiger partial charge in [0.1, 0.15) is 0 Å². The molecule has 1 aromatic rings. The lowest BCUT2D eigenvalue weighted by atomic mass is 10.1. The Morgan fingerprint density at radius 1 is 1.35 bits per heavy atom. The summed E-state index contributed by atoms with van der Waals surface area (Å²) >= 11 is 0. The molecular weight excluding hydrogens is 218 g/mol. The fraction of sp³-hybridized carbons (Fsp3) is 0.231. The van der Waals surface area contributed by atoms with Crippen molar-refractivity contribution in [3.8, 4) is 0 Å². The van der Waals surface area contributed by atoms with Crippen molar-refractivity contribution in [3.63, 3.8) is 0 Å². The molecule has 0 atom stereocenters. The maximum absolute atomic E-state index is 11.2. The number of ether oxygens (including phenoxy) is 1. The summed E-state index contributed by atoms with van der Waals surface area (Å²) in [5.74, 6) is -0.739. The molecule has 0 saturated carbocycles. The zero-order chi connectivity index (χ0) is 12.8. The number of nitrogens with one attached hydrogen (secondary N) is 1. The molecule has 0 aliphatic heterocycles. The Morgan fingerprint density at radius 3 is 2.59 bits per heavy atom. The van der Waals surface area contributed by atoms with E-state index in [0.717, 1.165) is 11.1 Å². The van der Waals surface area contributed by atoms with Gasteiger partial charge in [-0.2, -0.15) is 0 Å². The van der Waals surface area contributed by atoms with Crippen LogP contribution in [0.2, 0.25) is 0 Å². The Labute approximate surface area is 100 Å². The summed E-state index contributed by atoms with van der Waals surface area (Å²) < 4.78 is 4.55. The number of hydrogen-bond donors (Lipinski definition) is 1. The molecule has 1 rings (SSSR count). The maximum Gasteiger partial charge on any atom is 0.332 e. The predicted octanol–water partition coefficient (Wildman–Crippen LogP) is 1.65. The molecule has 0 aliphatic carbocycles. The standard InChI is InChI=1S/C13H15NO3/c1-9-5-4-6-11(7-9)12(14-10(2)15)8-13(16)17-3/h4-8H,1-3H3,(H,14,15)/b12-8-. The lowest BCUT2D eigenvalue weighted by Crippen LogP contribution is -2.19. The zero-order valence-electron chi connectivity index (χ0n) is 10.1. The second kappa shape index (κ2) is 5.84. The quantitative estimate of drug-likeness (QED) is 0.638. The Morgan fingerprint density at radius 2 is 2.06 bits per heavy atom. The largest absolute Gasteiger partial charge is 0.466 e. The third-order valence-electron chi connectivity index (χ3n) is 2.10. The van der Waals surface area contributed by atoms with Crippen LogP contribution in [0.25, 0.3) is 5.70 Å². The lowest BCUT2D eigenvalue weighted by molar-refractivity contribution is -0.134. The fourth-order valence-corrected chi connectivity index (χ4v) is 1.37. The SMILES string of the molecule is COC(=O)/C=C(\NC(C)=O)c1cccc(C)c1. The van der Waals surface area contributed by atoms with Gasteiger partial charge in [-0.25, -0.2) is 4.79 Å². The molecule has 0 fully saturated rings. The summed E-state index contributed by atoms with van der Waals surface area (Å²) in [5, 5.41) is 2.61. The first-order chi connectivity index (χ1) is 8.02. The highest BCUT2D eigenvalue weighted by Gasteiger charge is 2.06. The molecule has 4 nitrogen and oxygen atoms in total. The number of carbonyl (C=O) groups excluding carboxylic acids is 2. The molecule has 1 amide bonds. The second-order valence-corrected chi connectivity index (χ2v) is 3.63. The Hall–Kier alpha value is -2.10. The number of hydrogen-bond acceptors (Lipinski definition) is 3. The van der Waals surface area contributed by atoms with E-state index in [9.17, 15) is 9.59 Å². The van der Waals surface area contributed by atoms with E-state index in [1.807, 2.05) is 31.2 Å². The van der Waals surface area contributed by atoms with Crippen molar-refractivity contribution in [1.29, 1.82) is 0 Å². The number of methoxy groups -OCH3 is 1. The van der Waals surface area contributed by atoms with Crippen LogP contribution < -0.4 is 5.32 Å². The predicted molar refractivity (Wildman–Crippen MR) is 65.0 cm³/mol. The van der Waals surface area contributed by atoms with Crippen molar-refractivity contribution in [2.24, 2.45) is 0 Å². The highest BCUT2D eigenvalue weighted by atomic mass is 16.5. The minimum absolute atomic E-state index is 0.235. The van der Waals surface area contributed by atoms with Crippen LogP contribution in [0.1, 0.15) is 18.1 Å². The number of esters is 1. The van der Waals surface area contributed by atoms with Gasteiger partial charge < -0.3 is 10.1 Å². The molecule has 0 unspecified atom stereocenters. The smallest absolute Gasteiger partial charge is 0.332 e. The molecule has 0 saturated heterocycles. The number of aryl methyl sites for hydroxylation is 1. The summed E-state index contributed by atoms with van der Waals surface area (Å²) in [6, 6.07) is 7.49. The van der Waals surface area contributed by atoms with Crippen molar-refractivity contribution in [2.75, 3.05) is 7.11 Å². The van der Waals surface area contributed by atoms with Gasteiger partial charge in [-0.3, -0.25) is 4.79 Å². The Balaban J connectivity index is 3.10. The highest BCUT2D eigenvalue weighted by molar-refractivity contribution is 5.95. The van der Waals surface area contributed by atoms with Gasteiger partial charge in [0.15, 0.2) is 0 Å². The molecule has 4 heteroatoms. The van der Waals surface area contributed by atoms with Crippen molar-refractivity contribution in [1.82, 2.24) is 5.32 Å². The molecule has 0 heterocycles. The van der Waals surface area contributed by atoms with Gasteiger partial charge >= 0.3 is 5.97 Å². The van der Waals surface area contributed by atoms with Gasteiger partial charge in [0, 0.05) is 13.0 Å². The molecule has 0 aliphatic rings. The van der Waals surface area contributed by atoms with Crippen molar-refractivity contribution in [3.05, 3.63) is 41.5 Å². The first-order valence-corrected chi connectivity index (χ1v) is 5.17. The number of benzene rings is 1. The molecular formula is C13H15NO3. The average molecular weight is 233 g/mol. The van der Waals surface area contributed by atoms with Crippen molar-refractivity contribution in [2.45, 2.75) is 13.8 Å². The first-order valence-electron chi connectivity index (χ1n) is 5.17. The van der Waals surface area contributed by atoms with Crippen LogP contribution in [0.5, 0.6) is 0 Å². The van der Waals surface area contributed by atoms with Gasteiger partial charge in [-0.1, -0.05) is 23.8 Å². The van der Waals surface area contributed by atoms with Crippen LogP contribution in [-0.4, -0.2) is 19.0 Å². The third kappa shape index (κ3) is 4.10. The van der Waals surface area contributed by atoms with E-state index >= 15 is 0 Å². The Bertz CT molecular complexity index is 463. The molecule has 90 valence electrons. The Kier molecular flexibility index (Phi) is 4.46. The van der Waals surface area contributed by atoms with E-state index in [0.29, 0.717) is 5.70 Å². The van der Waals surface area contributed by atoms with Crippen LogP contribution in [0.15, 0.2) is 30.3 Å². The topological polar surface area (TPSA) is 55.4 Å². The minimum Gasteiger partial charge on any atom is -0.466 e. The maximum atomic E-state index is 11.2. The van der Waals surface area contributed by atoms with Crippen molar-refractivity contribution < 1.29 is 14.3 Å². The van der Waals surface area contributed by atoms with Gasteiger partial charge in [-0.05, 0) is 18.6 Å².